The number of ether oxygens (including phenoxy) is 2. The molecule has 0 unspecified atom stereocenters. The lowest BCUT2D eigenvalue weighted by atomic mass is 10.1. The molecule has 12 heteroatoms. The quantitative estimate of drug-likeness (QED) is 0.469. The number of rotatable bonds is 9. The van der Waals surface area contributed by atoms with E-state index in [-0.39, 0.29) is 22.7 Å². The molecule has 8 nitrogen and oxygen atoms in total. The van der Waals surface area contributed by atoms with Gasteiger partial charge in [0, 0.05) is 18.4 Å². The van der Waals surface area contributed by atoms with Crippen molar-refractivity contribution in [2.24, 2.45) is 0 Å². The first kappa shape index (κ1) is 26.1. The van der Waals surface area contributed by atoms with Crippen molar-refractivity contribution in [2.75, 3.05) is 32.3 Å². The molecule has 0 aliphatic heterocycles. The van der Waals surface area contributed by atoms with Gasteiger partial charge in [0.05, 0.1) is 25.3 Å². The number of anilines is 1. The van der Waals surface area contributed by atoms with Gasteiger partial charge < -0.3 is 14.8 Å². The third-order valence-electron chi connectivity index (χ3n) is 5.13. The molecule has 3 rings (SSSR count). The van der Waals surface area contributed by atoms with Crippen LogP contribution in [-0.2, 0) is 22.8 Å². The van der Waals surface area contributed by atoms with Crippen molar-refractivity contribution >= 4 is 15.5 Å². The summed E-state index contributed by atoms with van der Waals surface area (Å²) in [5, 5.41) is 6.61. The molecule has 1 aromatic heterocycles. The number of hydrogen-bond acceptors (Lipinski definition) is 7. The summed E-state index contributed by atoms with van der Waals surface area (Å²) in [5.74, 6) is 1.07. The number of benzene rings is 2. The molecule has 0 spiro atoms. The highest BCUT2D eigenvalue weighted by Gasteiger charge is 2.30. The smallest absolute Gasteiger partial charge is 0.408 e. The lowest BCUT2D eigenvalue weighted by Gasteiger charge is -2.15. The lowest BCUT2D eigenvalue weighted by Crippen LogP contribution is -2.32. The molecule has 2 aromatic carbocycles. The molecule has 0 amide bonds. The van der Waals surface area contributed by atoms with Gasteiger partial charge in [0.1, 0.15) is 12.2 Å². The molecule has 0 aliphatic rings. The van der Waals surface area contributed by atoms with Gasteiger partial charge in [0.15, 0.2) is 21.3 Å². The van der Waals surface area contributed by atoms with Gasteiger partial charge in [-0.2, -0.15) is 18.3 Å². The maximum Gasteiger partial charge on any atom is 0.408 e. The van der Waals surface area contributed by atoms with E-state index in [1.165, 1.54) is 38.5 Å². The number of aromatic nitrogens is 2. The molecule has 1 heterocycles. The lowest BCUT2D eigenvalue weighted by molar-refractivity contribution is -0.143. The number of alkyl halides is 3. The fourth-order valence-corrected chi connectivity index (χ4v) is 4.04. The molecule has 0 saturated heterocycles. The van der Waals surface area contributed by atoms with Crippen molar-refractivity contribution in [3.05, 3.63) is 64.6 Å². The van der Waals surface area contributed by atoms with Crippen molar-refractivity contribution < 1.29 is 31.1 Å². The van der Waals surface area contributed by atoms with Crippen LogP contribution in [0.1, 0.15) is 5.56 Å². The van der Waals surface area contributed by atoms with E-state index < -0.39 is 28.1 Å². The molecule has 3 aromatic rings. The summed E-state index contributed by atoms with van der Waals surface area (Å²) in [5.41, 5.74) is 0.505. The van der Waals surface area contributed by atoms with E-state index in [0.717, 1.165) is 18.0 Å². The summed E-state index contributed by atoms with van der Waals surface area (Å²) >= 11 is 0. The van der Waals surface area contributed by atoms with Gasteiger partial charge in [-0.3, -0.25) is 4.79 Å². The summed E-state index contributed by atoms with van der Waals surface area (Å²) in [7, 11) is -0.430. The van der Waals surface area contributed by atoms with Crippen LogP contribution in [0.2, 0.25) is 0 Å². The molecule has 35 heavy (non-hydrogen) atoms. The molecule has 1 N–H and O–H groups in total. The van der Waals surface area contributed by atoms with E-state index in [2.05, 4.69) is 10.4 Å². The second kappa shape index (κ2) is 10.4. The van der Waals surface area contributed by atoms with Gasteiger partial charge in [-0.1, -0.05) is 18.2 Å². The second-order valence-electron chi connectivity index (χ2n) is 7.67. The predicted molar refractivity (Wildman–Crippen MR) is 125 cm³/mol. The van der Waals surface area contributed by atoms with E-state index in [9.17, 15) is 26.4 Å². The molecule has 0 radical (unpaired) electrons. The maximum absolute atomic E-state index is 12.9. The van der Waals surface area contributed by atoms with Gasteiger partial charge in [-0.05, 0) is 41.8 Å². The molecule has 188 valence electrons. The molecular formula is C23H24F3N3O5S. The summed E-state index contributed by atoms with van der Waals surface area (Å²) in [6, 6.07) is 11.0. The third-order valence-corrected chi connectivity index (χ3v) is 6.26. The molecular weight excluding hydrogens is 487 g/mol. The summed E-state index contributed by atoms with van der Waals surface area (Å²) in [6.45, 7) is -1.32. The van der Waals surface area contributed by atoms with Crippen molar-refractivity contribution in [2.45, 2.75) is 24.0 Å². The molecule has 0 aliphatic carbocycles. The normalized spacial score (nSPS) is 11.8. The zero-order chi connectivity index (χ0) is 25.8. The van der Waals surface area contributed by atoms with Crippen molar-refractivity contribution in [3.8, 4) is 22.6 Å². The largest absolute Gasteiger partial charge is 0.493 e. The summed E-state index contributed by atoms with van der Waals surface area (Å²) in [4.78, 5) is 13.0. The minimum atomic E-state index is -4.63. The zero-order valence-corrected chi connectivity index (χ0v) is 20.0. The van der Waals surface area contributed by atoms with Gasteiger partial charge in [0.25, 0.3) is 5.56 Å². The van der Waals surface area contributed by atoms with Crippen LogP contribution in [-0.4, -0.2) is 51.4 Å². The number of halogens is 3. The first-order chi connectivity index (χ1) is 16.4. The number of methoxy groups -OCH3 is 2. The third kappa shape index (κ3) is 6.53. The van der Waals surface area contributed by atoms with E-state index >= 15 is 0 Å². The van der Waals surface area contributed by atoms with Gasteiger partial charge in [-0.25, -0.2) is 13.1 Å². The standard InChI is InChI=1S/C23H24F3N3O5S/c1-33-19-9-4-15(12-20(19)34-2)10-11-27-21-18(13-28-29(22(21)30)14-23(24,25)26)16-5-7-17(8-6-16)35(3,31)32/h4-9,12-13,27H,10-11,14H2,1-3H3. The Morgan fingerprint density at radius 1 is 1.03 bits per heavy atom. The Hall–Kier alpha value is -3.54. The van der Waals surface area contributed by atoms with E-state index in [0.29, 0.717) is 28.2 Å². The van der Waals surface area contributed by atoms with Crippen LogP contribution < -0.4 is 20.3 Å². The topological polar surface area (TPSA) is 99.5 Å². The monoisotopic (exact) mass is 511 g/mol. The van der Waals surface area contributed by atoms with Crippen LogP contribution in [0, 0.1) is 0 Å². The first-order valence-electron chi connectivity index (χ1n) is 10.3. The minimum Gasteiger partial charge on any atom is -0.493 e. The molecule has 0 atom stereocenters. The van der Waals surface area contributed by atoms with Crippen LogP contribution in [0.3, 0.4) is 0 Å². The molecule has 0 saturated carbocycles. The fraction of sp³-hybridized carbons (Fsp3) is 0.304. The van der Waals surface area contributed by atoms with Gasteiger partial charge in [0.2, 0.25) is 0 Å². The SMILES string of the molecule is COc1ccc(CCNc2c(-c3ccc(S(C)(=O)=O)cc3)cnn(CC(F)(F)F)c2=O)cc1OC. The van der Waals surface area contributed by atoms with E-state index in [4.69, 9.17) is 9.47 Å². The zero-order valence-electron chi connectivity index (χ0n) is 19.2. The Morgan fingerprint density at radius 3 is 2.26 bits per heavy atom. The number of hydrogen-bond donors (Lipinski definition) is 1. The average Bonchev–Trinajstić information content (AvgIpc) is 2.80. The highest BCUT2D eigenvalue weighted by Crippen LogP contribution is 2.29. The van der Waals surface area contributed by atoms with Crippen LogP contribution in [0.25, 0.3) is 11.1 Å². The van der Waals surface area contributed by atoms with Crippen LogP contribution >= 0.6 is 0 Å². The van der Waals surface area contributed by atoms with Crippen molar-refractivity contribution in [1.82, 2.24) is 9.78 Å². The first-order valence-corrected chi connectivity index (χ1v) is 12.2. The minimum absolute atomic E-state index is 0.0718. The Kier molecular flexibility index (Phi) is 7.73. The second-order valence-corrected chi connectivity index (χ2v) is 9.69. The van der Waals surface area contributed by atoms with Crippen LogP contribution in [0.15, 0.2) is 58.4 Å². The number of sulfone groups is 1. The highest BCUT2D eigenvalue weighted by atomic mass is 32.2. The molecule has 0 bridgehead atoms. The predicted octanol–water partition coefficient (Wildman–Crippen LogP) is 3.55. The summed E-state index contributed by atoms with van der Waals surface area (Å²) in [6.07, 6.45) is -2.00. The number of nitrogens with zero attached hydrogens (tertiary/aromatic N) is 2. The van der Waals surface area contributed by atoms with Crippen molar-refractivity contribution in [3.63, 3.8) is 0 Å². The van der Waals surface area contributed by atoms with Gasteiger partial charge in [-0.15, -0.1) is 0 Å². The average molecular weight is 512 g/mol. The van der Waals surface area contributed by atoms with E-state index in [1.54, 1.807) is 12.1 Å². The Balaban J connectivity index is 1.94. The highest BCUT2D eigenvalue weighted by molar-refractivity contribution is 7.90. The van der Waals surface area contributed by atoms with Crippen molar-refractivity contribution in [1.29, 1.82) is 0 Å². The Bertz CT molecular complexity index is 1350. The molecule has 0 fully saturated rings. The van der Waals surface area contributed by atoms with Gasteiger partial charge >= 0.3 is 6.18 Å². The van der Waals surface area contributed by atoms with E-state index in [1.807, 2.05) is 6.07 Å². The Morgan fingerprint density at radius 2 is 1.69 bits per heavy atom. The summed E-state index contributed by atoms with van der Waals surface area (Å²) < 4.78 is 73.1. The van der Waals surface area contributed by atoms with Crippen LogP contribution in [0.4, 0.5) is 18.9 Å². The Labute approximate surface area is 200 Å². The fourth-order valence-electron chi connectivity index (χ4n) is 3.41. The number of nitrogens with one attached hydrogen (secondary N) is 1. The maximum atomic E-state index is 12.9. The van der Waals surface area contributed by atoms with Crippen LogP contribution in [0.5, 0.6) is 11.5 Å².